The molecule has 2 aromatic carbocycles. The second-order valence-corrected chi connectivity index (χ2v) is 6.51. The van der Waals surface area contributed by atoms with Crippen molar-refractivity contribution in [3.8, 4) is 17.2 Å². The van der Waals surface area contributed by atoms with Crippen molar-refractivity contribution < 1.29 is 14.2 Å². The fourth-order valence-electron chi connectivity index (χ4n) is 2.55. The van der Waals surface area contributed by atoms with Crippen molar-refractivity contribution in [1.82, 2.24) is 10.6 Å². The maximum atomic E-state index is 5.40. The summed E-state index contributed by atoms with van der Waals surface area (Å²) in [5.41, 5.74) is 2.07. The molecule has 0 aliphatic rings. The van der Waals surface area contributed by atoms with Crippen LogP contribution in [0.2, 0.25) is 0 Å². The molecule has 0 atom stereocenters. The first-order valence-electron chi connectivity index (χ1n) is 8.67. The standard InChI is InChI=1S/C20H26BrN3O3.HI/c1-5-22-20(23-12-14-8-6-7-9-17(14)25-2)24-13-15-10-18(26-3)19(27-4)11-16(15)21;/h6-11H,5,12-13H2,1-4H3,(H2,22,23,24);1H. The number of hydrogen-bond donors (Lipinski definition) is 2. The van der Waals surface area contributed by atoms with E-state index < -0.39 is 0 Å². The second kappa shape index (κ2) is 12.7. The van der Waals surface area contributed by atoms with Gasteiger partial charge in [0.05, 0.1) is 27.9 Å². The van der Waals surface area contributed by atoms with Gasteiger partial charge in [0.25, 0.3) is 0 Å². The Labute approximate surface area is 192 Å². The van der Waals surface area contributed by atoms with Crippen LogP contribution in [0.25, 0.3) is 0 Å². The summed E-state index contributed by atoms with van der Waals surface area (Å²) in [4.78, 5) is 4.67. The highest BCUT2D eigenvalue weighted by molar-refractivity contribution is 14.0. The maximum Gasteiger partial charge on any atom is 0.191 e. The summed E-state index contributed by atoms with van der Waals surface area (Å²) >= 11 is 3.57. The third-order valence-electron chi connectivity index (χ3n) is 3.94. The Morgan fingerprint density at radius 2 is 1.57 bits per heavy atom. The Kier molecular flexibility index (Phi) is 11.1. The van der Waals surface area contributed by atoms with E-state index in [0.717, 1.165) is 33.9 Å². The molecule has 0 heterocycles. The van der Waals surface area contributed by atoms with Crippen molar-refractivity contribution in [2.24, 2.45) is 4.99 Å². The van der Waals surface area contributed by atoms with Gasteiger partial charge >= 0.3 is 0 Å². The number of ether oxygens (including phenoxy) is 3. The van der Waals surface area contributed by atoms with Crippen molar-refractivity contribution in [3.05, 3.63) is 52.0 Å². The van der Waals surface area contributed by atoms with Gasteiger partial charge in [-0.1, -0.05) is 34.1 Å². The summed E-state index contributed by atoms with van der Waals surface area (Å²) in [5, 5.41) is 6.60. The lowest BCUT2D eigenvalue weighted by atomic mass is 10.2. The van der Waals surface area contributed by atoms with Gasteiger partial charge in [0.2, 0.25) is 0 Å². The average Bonchev–Trinajstić information content (AvgIpc) is 2.70. The lowest BCUT2D eigenvalue weighted by Gasteiger charge is -2.14. The molecule has 154 valence electrons. The predicted octanol–water partition coefficient (Wildman–Crippen LogP) is 4.35. The molecule has 0 unspecified atom stereocenters. The molecule has 8 heteroatoms. The molecule has 0 saturated carbocycles. The largest absolute Gasteiger partial charge is 0.496 e. The molecule has 0 bridgehead atoms. The summed E-state index contributed by atoms with van der Waals surface area (Å²) in [6.45, 7) is 3.91. The Bertz CT molecular complexity index is 787. The molecule has 2 rings (SSSR count). The predicted molar refractivity (Wildman–Crippen MR) is 127 cm³/mol. The molecule has 0 amide bonds. The van der Waals surface area contributed by atoms with Crippen LogP contribution in [0, 0.1) is 0 Å². The fourth-order valence-corrected chi connectivity index (χ4v) is 3.00. The number of rotatable bonds is 8. The smallest absolute Gasteiger partial charge is 0.191 e. The highest BCUT2D eigenvalue weighted by atomic mass is 127. The molecule has 0 fully saturated rings. The Hall–Kier alpha value is -1.68. The first-order valence-corrected chi connectivity index (χ1v) is 9.46. The Morgan fingerprint density at radius 1 is 0.929 bits per heavy atom. The number of halogens is 2. The number of nitrogens with zero attached hydrogens (tertiary/aromatic N) is 1. The molecule has 2 N–H and O–H groups in total. The zero-order chi connectivity index (χ0) is 19.6. The molecular weight excluding hydrogens is 537 g/mol. The zero-order valence-corrected chi connectivity index (χ0v) is 20.5. The third-order valence-corrected chi connectivity index (χ3v) is 4.68. The first-order chi connectivity index (χ1) is 13.1. The lowest BCUT2D eigenvalue weighted by Crippen LogP contribution is -2.36. The summed E-state index contributed by atoms with van der Waals surface area (Å²) in [7, 11) is 4.91. The summed E-state index contributed by atoms with van der Waals surface area (Å²) < 4.78 is 17.0. The van der Waals surface area contributed by atoms with Crippen LogP contribution in [0.5, 0.6) is 17.2 Å². The van der Waals surface area contributed by atoms with E-state index in [0.29, 0.717) is 24.6 Å². The molecule has 0 spiro atoms. The van der Waals surface area contributed by atoms with Gasteiger partial charge in [0, 0.05) is 23.1 Å². The maximum absolute atomic E-state index is 5.40. The van der Waals surface area contributed by atoms with E-state index in [1.807, 2.05) is 43.3 Å². The normalized spacial score (nSPS) is 10.7. The van der Waals surface area contributed by atoms with Crippen LogP contribution in [-0.4, -0.2) is 33.8 Å². The SMILES string of the molecule is CCNC(=NCc1cc(OC)c(OC)cc1Br)NCc1ccccc1OC.I. The van der Waals surface area contributed by atoms with Crippen LogP contribution in [0.1, 0.15) is 18.1 Å². The zero-order valence-electron chi connectivity index (χ0n) is 16.5. The van der Waals surface area contributed by atoms with E-state index in [2.05, 4.69) is 31.6 Å². The molecule has 6 nitrogen and oxygen atoms in total. The van der Waals surface area contributed by atoms with Crippen LogP contribution in [0.15, 0.2) is 45.9 Å². The minimum Gasteiger partial charge on any atom is -0.496 e. The van der Waals surface area contributed by atoms with Gasteiger partial charge in [0.15, 0.2) is 17.5 Å². The number of aliphatic imine (C=N–C) groups is 1. The molecule has 2 aromatic rings. The number of para-hydroxylation sites is 1. The van der Waals surface area contributed by atoms with E-state index in [-0.39, 0.29) is 24.0 Å². The van der Waals surface area contributed by atoms with Crippen LogP contribution in [-0.2, 0) is 13.1 Å². The molecular formula is C20H27BrIN3O3. The van der Waals surface area contributed by atoms with Crippen molar-refractivity contribution in [2.45, 2.75) is 20.0 Å². The van der Waals surface area contributed by atoms with E-state index >= 15 is 0 Å². The van der Waals surface area contributed by atoms with Crippen LogP contribution >= 0.6 is 39.9 Å². The van der Waals surface area contributed by atoms with Gasteiger partial charge in [-0.3, -0.25) is 0 Å². The molecule has 28 heavy (non-hydrogen) atoms. The second-order valence-electron chi connectivity index (χ2n) is 5.66. The van der Waals surface area contributed by atoms with Gasteiger partial charge in [-0.05, 0) is 30.7 Å². The summed E-state index contributed by atoms with van der Waals surface area (Å²) in [5.74, 6) is 2.93. The fraction of sp³-hybridized carbons (Fsp3) is 0.350. The van der Waals surface area contributed by atoms with E-state index in [1.165, 1.54) is 0 Å². The van der Waals surface area contributed by atoms with Crippen molar-refractivity contribution in [3.63, 3.8) is 0 Å². The van der Waals surface area contributed by atoms with Crippen molar-refractivity contribution in [1.29, 1.82) is 0 Å². The van der Waals surface area contributed by atoms with E-state index in [4.69, 9.17) is 14.2 Å². The van der Waals surface area contributed by atoms with Gasteiger partial charge in [-0.25, -0.2) is 4.99 Å². The van der Waals surface area contributed by atoms with Gasteiger partial charge in [0.1, 0.15) is 5.75 Å². The number of methoxy groups -OCH3 is 3. The van der Waals surface area contributed by atoms with Gasteiger partial charge < -0.3 is 24.8 Å². The number of guanidine groups is 1. The Morgan fingerprint density at radius 3 is 2.21 bits per heavy atom. The highest BCUT2D eigenvalue weighted by Crippen LogP contribution is 2.33. The van der Waals surface area contributed by atoms with Crippen molar-refractivity contribution in [2.75, 3.05) is 27.9 Å². The number of nitrogens with one attached hydrogen (secondary N) is 2. The summed E-state index contributed by atoms with van der Waals surface area (Å²) in [6, 6.07) is 11.7. The van der Waals surface area contributed by atoms with Crippen LogP contribution < -0.4 is 24.8 Å². The topological polar surface area (TPSA) is 64.1 Å². The average molecular weight is 564 g/mol. The third kappa shape index (κ3) is 6.73. The number of benzene rings is 2. The molecule has 0 aliphatic carbocycles. The molecule has 0 radical (unpaired) electrons. The summed E-state index contributed by atoms with van der Waals surface area (Å²) in [6.07, 6.45) is 0. The van der Waals surface area contributed by atoms with Gasteiger partial charge in [-0.2, -0.15) is 0 Å². The Balaban J connectivity index is 0.00000392. The minimum absolute atomic E-state index is 0. The number of hydrogen-bond acceptors (Lipinski definition) is 4. The van der Waals surface area contributed by atoms with Gasteiger partial charge in [-0.15, -0.1) is 24.0 Å². The van der Waals surface area contributed by atoms with E-state index in [9.17, 15) is 0 Å². The van der Waals surface area contributed by atoms with E-state index in [1.54, 1.807) is 21.3 Å². The molecule has 0 aromatic heterocycles. The molecule has 0 aliphatic heterocycles. The van der Waals surface area contributed by atoms with Crippen LogP contribution in [0.4, 0.5) is 0 Å². The quantitative estimate of drug-likeness (QED) is 0.284. The minimum atomic E-state index is 0. The first kappa shape index (κ1) is 24.4. The monoisotopic (exact) mass is 563 g/mol. The molecule has 0 saturated heterocycles. The highest BCUT2D eigenvalue weighted by Gasteiger charge is 2.10. The van der Waals surface area contributed by atoms with Crippen LogP contribution in [0.3, 0.4) is 0 Å². The lowest BCUT2D eigenvalue weighted by molar-refractivity contribution is 0.354. The van der Waals surface area contributed by atoms with Crippen molar-refractivity contribution >= 4 is 45.9 Å².